The summed E-state index contributed by atoms with van der Waals surface area (Å²) in [5.41, 5.74) is 0. The lowest BCUT2D eigenvalue weighted by Crippen LogP contribution is -2.17. The van der Waals surface area contributed by atoms with Crippen molar-refractivity contribution in [2.24, 2.45) is 0 Å². The molecule has 2 heterocycles. The number of aromatic nitrogens is 4. The zero-order chi connectivity index (χ0) is 15.2. The Morgan fingerprint density at radius 3 is 2.43 bits per heavy atom. The van der Waals surface area contributed by atoms with E-state index in [-0.39, 0.29) is 18.0 Å². The fourth-order valence-corrected chi connectivity index (χ4v) is 1.62. The monoisotopic (exact) mass is 294 g/mol. The van der Waals surface area contributed by atoms with E-state index in [1.54, 1.807) is 6.07 Å². The van der Waals surface area contributed by atoms with Gasteiger partial charge in [0.15, 0.2) is 0 Å². The highest BCUT2D eigenvalue weighted by Crippen LogP contribution is 2.21. The quantitative estimate of drug-likeness (QED) is 0.780. The van der Waals surface area contributed by atoms with E-state index in [0.29, 0.717) is 17.7 Å². The molecule has 0 aliphatic heterocycles. The topological polar surface area (TPSA) is 107 Å². The third kappa shape index (κ3) is 3.78. The van der Waals surface area contributed by atoms with Crippen LogP contribution in [0.15, 0.2) is 10.5 Å². The molecule has 1 atom stereocenters. The number of hydrogen-bond donors (Lipinski definition) is 2. The maximum Gasteiger partial charge on any atom is 0.322 e. The minimum absolute atomic E-state index is 0.0289. The lowest BCUT2D eigenvalue weighted by molar-refractivity contribution is 0.372. The van der Waals surface area contributed by atoms with E-state index >= 15 is 0 Å². The lowest BCUT2D eigenvalue weighted by Gasteiger charge is -2.06. The lowest BCUT2D eigenvalue weighted by atomic mass is 10.3. The van der Waals surface area contributed by atoms with Gasteiger partial charge in [-0.25, -0.2) is 0 Å². The summed E-state index contributed by atoms with van der Waals surface area (Å²) in [6, 6.07) is 1.74. The summed E-state index contributed by atoms with van der Waals surface area (Å²) in [5, 5.41) is 13.9. The Bertz CT molecular complexity index is 566. The molecule has 0 aliphatic rings. The van der Waals surface area contributed by atoms with Crippen molar-refractivity contribution in [3.05, 3.63) is 12.0 Å². The van der Waals surface area contributed by atoms with Gasteiger partial charge >= 0.3 is 6.01 Å². The normalized spacial score (nSPS) is 12.0. The molecule has 0 saturated carbocycles. The van der Waals surface area contributed by atoms with Crippen LogP contribution in [-0.2, 0) is 0 Å². The first kappa shape index (κ1) is 15.0. The first-order chi connectivity index (χ1) is 10.2. The number of ether oxygens (including phenoxy) is 2. The number of rotatable bonds is 7. The van der Waals surface area contributed by atoms with Crippen LogP contribution in [0.1, 0.15) is 25.8 Å². The molecule has 0 amide bonds. The molecule has 9 heteroatoms. The van der Waals surface area contributed by atoms with Gasteiger partial charge in [0.1, 0.15) is 0 Å². The van der Waals surface area contributed by atoms with Crippen molar-refractivity contribution < 1.29 is 13.9 Å². The van der Waals surface area contributed by atoms with Crippen LogP contribution in [-0.4, -0.2) is 40.9 Å². The van der Waals surface area contributed by atoms with Crippen LogP contribution in [0.5, 0.6) is 11.8 Å². The average Bonchev–Trinajstić information content (AvgIpc) is 2.95. The van der Waals surface area contributed by atoms with Gasteiger partial charge in [0, 0.05) is 0 Å². The molecule has 1 unspecified atom stereocenters. The van der Waals surface area contributed by atoms with Crippen molar-refractivity contribution in [2.45, 2.75) is 19.9 Å². The van der Waals surface area contributed by atoms with Crippen LogP contribution < -0.4 is 20.1 Å². The highest BCUT2D eigenvalue weighted by atomic mass is 16.5. The molecular weight excluding hydrogens is 276 g/mol. The molecule has 2 N–H and O–H groups in total. The first-order valence-corrected chi connectivity index (χ1v) is 6.47. The maximum absolute atomic E-state index is 5.49. The molecule has 114 valence electrons. The van der Waals surface area contributed by atoms with Gasteiger partial charge < -0.3 is 19.2 Å². The van der Waals surface area contributed by atoms with Crippen LogP contribution in [0.3, 0.4) is 0 Å². The van der Waals surface area contributed by atoms with Gasteiger partial charge in [0.25, 0.3) is 0 Å². The van der Waals surface area contributed by atoms with Gasteiger partial charge in [-0.3, -0.25) is 5.32 Å². The Hall–Kier alpha value is -2.42. The van der Waals surface area contributed by atoms with Crippen molar-refractivity contribution in [3.63, 3.8) is 0 Å². The Kier molecular flexibility index (Phi) is 4.88. The standard InChI is InChI=1S/C12H18N6O3/c1-5-13-7(2)10-17-18-12(21-10)16-11-14-8(19-3)6-9(15-11)20-4/h6-7,13H,5H2,1-4H3,(H,14,15,16,18). The van der Waals surface area contributed by atoms with Gasteiger partial charge in [0.05, 0.1) is 26.3 Å². The second-order valence-electron chi connectivity index (χ2n) is 4.13. The van der Waals surface area contributed by atoms with Crippen molar-refractivity contribution in [2.75, 3.05) is 26.1 Å². The SMILES string of the molecule is CCNC(C)c1nnc(Nc2nc(OC)cc(OC)n2)o1. The molecule has 2 aromatic heterocycles. The molecule has 0 fully saturated rings. The minimum atomic E-state index is -0.0289. The van der Waals surface area contributed by atoms with Crippen LogP contribution in [0, 0.1) is 0 Å². The van der Waals surface area contributed by atoms with E-state index in [2.05, 4.69) is 30.8 Å². The molecule has 0 saturated heterocycles. The smallest absolute Gasteiger partial charge is 0.322 e. The maximum atomic E-state index is 5.49. The second kappa shape index (κ2) is 6.84. The molecule has 0 aromatic carbocycles. The number of hydrogen-bond acceptors (Lipinski definition) is 9. The zero-order valence-corrected chi connectivity index (χ0v) is 12.4. The van der Waals surface area contributed by atoms with Crippen molar-refractivity contribution in [1.82, 2.24) is 25.5 Å². The summed E-state index contributed by atoms with van der Waals surface area (Å²) in [4.78, 5) is 8.24. The largest absolute Gasteiger partial charge is 0.481 e. The van der Waals surface area contributed by atoms with Crippen LogP contribution in [0.2, 0.25) is 0 Å². The predicted octanol–water partition coefficient (Wildman–Crippen LogP) is 1.29. The second-order valence-corrected chi connectivity index (χ2v) is 4.13. The highest BCUT2D eigenvalue weighted by molar-refractivity contribution is 5.42. The Morgan fingerprint density at radius 2 is 1.86 bits per heavy atom. The highest BCUT2D eigenvalue weighted by Gasteiger charge is 2.14. The first-order valence-electron chi connectivity index (χ1n) is 6.47. The Balaban J connectivity index is 2.14. The minimum Gasteiger partial charge on any atom is -0.481 e. The fourth-order valence-electron chi connectivity index (χ4n) is 1.62. The Labute approximate surface area is 122 Å². The average molecular weight is 294 g/mol. The molecule has 0 aliphatic carbocycles. The number of nitrogens with zero attached hydrogens (tertiary/aromatic N) is 4. The fraction of sp³-hybridized carbons (Fsp3) is 0.500. The number of methoxy groups -OCH3 is 2. The Morgan fingerprint density at radius 1 is 1.19 bits per heavy atom. The van der Waals surface area contributed by atoms with E-state index in [1.807, 2.05) is 13.8 Å². The van der Waals surface area contributed by atoms with Crippen LogP contribution in [0.25, 0.3) is 0 Å². The van der Waals surface area contributed by atoms with E-state index in [9.17, 15) is 0 Å². The van der Waals surface area contributed by atoms with Crippen LogP contribution in [0.4, 0.5) is 12.0 Å². The summed E-state index contributed by atoms with van der Waals surface area (Å²) in [7, 11) is 3.02. The van der Waals surface area contributed by atoms with E-state index in [1.165, 1.54) is 14.2 Å². The van der Waals surface area contributed by atoms with E-state index in [0.717, 1.165) is 6.54 Å². The molecule has 9 nitrogen and oxygen atoms in total. The summed E-state index contributed by atoms with van der Waals surface area (Å²) in [6.45, 7) is 4.75. The van der Waals surface area contributed by atoms with Crippen molar-refractivity contribution >= 4 is 12.0 Å². The molecular formula is C12H18N6O3. The third-order valence-electron chi connectivity index (χ3n) is 2.64. The zero-order valence-electron chi connectivity index (χ0n) is 12.4. The molecule has 2 rings (SSSR count). The van der Waals surface area contributed by atoms with Crippen molar-refractivity contribution in [3.8, 4) is 11.8 Å². The van der Waals surface area contributed by atoms with Gasteiger partial charge in [-0.05, 0) is 13.5 Å². The molecule has 21 heavy (non-hydrogen) atoms. The molecule has 0 radical (unpaired) electrons. The van der Waals surface area contributed by atoms with Crippen LogP contribution >= 0.6 is 0 Å². The third-order valence-corrected chi connectivity index (χ3v) is 2.64. The van der Waals surface area contributed by atoms with Gasteiger partial charge in [-0.2, -0.15) is 9.97 Å². The van der Waals surface area contributed by atoms with Gasteiger partial charge in [-0.15, -0.1) is 5.10 Å². The van der Waals surface area contributed by atoms with Crippen molar-refractivity contribution in [1.29, 1.82) is 0 Å². The molecule has 2 aromatic rings. The van der Waals surface area contributed by atoms with E-state index < -0.39 is 0 Å². The van der Waals surface area contributed by atoms with Gasteiger partial charge in [-0.1, -0.05) is 12.0 Å². The predicted molar refractivity (Wildman–Crippen MR) is 74.8 cm³/mol. The molecule has 0 bridgehead atoms. The number of anilines is 2. The number of nitrogens with one attached hydrogen (secondary N) is 2. The van der Waals surface area contributed by atoms with Gasteiger partial charge in [0.2, 0.25) is 23.6 Å². The summed E-state index contributed by atoms with van der Waals surface area (Å²) in [6.07, 6.45) is 0. The molecule has 0 spiro atoms. The summed E-state index contributed by atoms with van der Waals surface area (Å²) in [5.74, 6) is 1.46. The summed E-state index contributed by atoms with van der Waals surface area (Å²) < 4.78 is 15.6. The van der Waals surface area contributed by atoms with E-state index in [4.69, 9.17) is 13.9 Å². The summed E-state index contributed by atoms with van der Waals surface area (Å²) >= 11 is 0.